The lowest BCUT2D eigenvalue weighted by Gasteiger charge is -2.21. The minimum absolute atomic E-state index is 0.647. The van der Waals surface area contributed by atoms with Crippen LogP contribution in [0.1, 0.15) is 58.8 Å². The largest absolute Gasteiger partial charge is 0.303 e. The minimum atomic E-state index is 0.647. The van der Waals surface area contributed by atoms with Crippen molar-refractivity contribution in [1.29, 1.82) is 0 Å². The van der Waals surface area contributed by atoms with Crippen molar-refractivity contribution < 1.29 is 0 Å². The lowest BCUT2D eigenvalue weighted by molar-refractivity contribution is 0.260. The summed E-state index contributed by atoms with van der Waals surface area (Å²) in [6.45, 7) is 8.56. The second-order valence-electron chi connectivity index (χ2n) is 5.30. The number of hydrogen-bond donors (Lipinski definition) is 0. The standard InChI is InChI=1S/C15H34NS/c1-5-7-12-16(13-8-6-2)14-10-9-11-15-17(3)4/h5-15H2,1-4H3/q+1. The van der Waals surface area contributed by atoms with E-state index < -0.39 is 0 Å². The van der Waals surface area contributed by atoms with E-state index in [-0.39, 0.29) is 0 Å². The number of hydrogen-bond acceptors (Lipinski definition) is 1. The Balaban J connectivity index is 3.52. The SMILES string of the molecule is CCCCN(CCCC)CCCCC[S+](C)C. The fourth-order valence-corrected chi connectivity index (χ4v) is 2.78. The van der Waals surface area contributed by atoms with Crippen molar-refractivity contribution >= 4 is 10.9 Å². The van der Waals surface area contributed by atoms with Gasteiger partial charge in [-0.3, -0.25) is 0 Å². The smallest absolute Gasteiger partial charge is 0.107 e. The van der Waals surface area contributed by atoms with Crippen molar-refractivity contribution in [2.45, 2.75) is 58.8 Å². The normalized spacial score (nSPS) is 11.6. The van der Waals surface area contributed by atoms with Crippen LogP contribution in [0.5, 0.6) is 0 Å². The van der Waals surface area contributed by atoms with Crippen molar-refractivity contribution in [2.75, 3.05) is 37.9 Å². The Morgan fingerprint density at radius 1 is 0.706 bits per heavy atom. The van der Waals surface area contributed by atoms with Gasteiger partial charge in [-0.25, -0.2) is 0 Å². The molecule has 0 spiro atoms. The van der Waals surface area contributed by atoms with Gasteiger partial charge < -0.3 is 4.90 Å². The summed E-state index contributed by atoms with van der Waals surface area (Å²) in [6.07, 6.45) is 14.4. The van der Waals surface area contributed by atoms with Crippen LogP contribution in [0.15, 0.2) is 0 Å². The van der Waals surface area contributed by atoms with Crippen LogP contribution in [0.25, 0.3) is 0 Å². The van der Waals surface area contributed by atoms with Crippen LogP contribution in [-0.4, -0.2) is 42.8 Å². The third-order valence-electron chi connectivity index (χ3n) is 3.18. The van der Waals surface area contributed by atoms with E-state index in [9.17, 15) is 0 Å². The molecule has 0 aromatic carbocycles. The van der Waals surface area contributed by atoms with E-state index in [1.807, 2.05) is 0 Å². The van der Waals surface area contributed by atoms with Gasteiger partial charge in [0.05, 0.1) is 12.5 Å². The fraction of sp³-hybridized carbons (Fsp3) is 1.00. The van der Waals surface area contributed by atoms with E-state index >= 15 is 0 Å². The average Bonchev–Trinajstić information content (AvgIpc) is 2.30. The van der Waals surface area contributed by atoms with Crippen molar-refractivity contribution in [1.82, 2.24) is 4.90 Å². The zero-order valence-electron chi connectivity index (χ0n) is 12.6. The maximum Gasteiger partial charge on any atom is 0.107 e. The molecule has 0 N–H and O–H groups in total. The Labute approximate surface area is 113 Å². The fourth-order valence-electron chi connectivity index (χ4n) is 2.00. The number of unbranched alkanes of at least 4 members (excludes halogenated alkanes) is 4. The van der Waals surface area contributed by atoms with E-state index in [4.69, 9.17) is 0 Å². The maximum atomic E-state index is 2.69. The summed E-state index contributed by atoms with van der Waals surface area (Å²) in [5, 5.41) is 0. The van der Waals surface area contributed by atoms with Crippen LogP contribution >= 0.6 is 0 Å². The van der Waals surface area contributed by atoms with Crippen LogP contribution in [0.4, 0.5) is 0 Å². The Morgan fingerprint density at radius 3 is 1.71 bits per heavy atom. The number of rotatable bonds is 12. The van der Waals surface area contributed by atoms with Gasteiger partial charge in [-0.05, 0) is 62.6 Å². The van der Waals surface area contributed by atoms with E-state index in [1.54, 1.807) is 0 Å². The van der Waals surface area contributed by atoms with Crippen molar-refractivity contribution in [3.05, 3.63) is 0 Å². The molecule has 0 unspecified atom stereocenters. The minimum Gasteiger partial charge on any atom is -0.303 e. The van der Waals surface area contributed by atoms with E-state index in [0.717, 1.165) is 0 Å². The van der Waals surface area contributed by atoms with Gasteiger partial charge in [-0.15, -0.1) is 0 Å². The van der Waals surface area contributed by atoms with E-state index in [2.05, 4.69) is 31.3 Å². The van der Waals surface area contributed by atoms with Crippen LogP contribution in [0.3, 0.4) is 0 Å². The molecule has 0 aromatic heterocycles. The molecule has 0 aliphatic rings. The van der Waals surface area contributed by atoms with Crippen LogP contribution < -0.4 is 0 Å². The maximum absolute atomic E-state index is 2.69. The summed E-state index contributed by atoms with van der Waals surface area (Å²) in [7, 11) is 0.647. The highest BCUT2D eigenvalue weighted by Crippen LogP contribution is 2.04. The monoisotopic (exact) mass is 260 g/mol. The zero-order chi connectivity index (χ0) is 12.9. The Morgan fingerprint density at radius 2 is 1.24 bits per heavy atom. The van der Waals surface area contributed by atoms with Crippen LogP contribution in [0.2, 0.25) is 0 Å². The molecule has 0 amide bonds. The molecule has 0 saturated heterocycles. The summed E-state index contributed by atoms with van der Waals surface area (Å²) in [6, 6.07) is 0. The van der Waals surface area contributed by atoms with Gasteiger partial charge in [0.2, 0.25) is 0 Å². The first kappa shape index (κ1) is 17.3. The van der Waals surface area contributed by atoms with Crippen LogP contribution in [0, 0.1) is 0 Å². The Bertz CT molecular complexity index is 140. The van der Waals surface area contributed by atoms with E-state index in [1.165, 1.54) is 70.3 Å². The quantitative estimate of drug-likeness (QED) is 0.379. The van der Waals surface area contributed by atoms with Gasteiger partial charge in [0.15, 0.2) is 0 Å². The summed E-state index contributed by atoms with van der Waals surface area (Å²) in [5.74, 6) is 1.43. The first-order chi connectivity index (χ1) is 8.20. The molecule has 2 heteroatoms. The molecule has 104 valence electrons. The number of nitrogens with zero attached hydrogens (tertiary/aromatic N) is 1. The molecule has 0 bridgehead atoms. The Kier molecular flexibility index (Phi) is 13.0. The molecule has 17 heavy (non-hydrogen) atoms. The van der Waals surface area contributed by atoms with Crippen molar-refractivity contribution in [3.63, 3.8) is 0 Å². The zero-order valence-corrected chi connectivity index (χ0v) is 13.5. The Hall–Kier alpha value is 0.310. The summed E-state index contributed by atoms with van der Waals surface area (Å²) in [5.41, 5.74) is 0. The molecule has 0 rings (SSSR count). The first-order valence-electron chi connectivity index (χ1n) is 7.47. The summed E-state index contributed by atoms with van der Waals surface area (Å²) < 4.78 is 0. The summed E-state index contributed by atoms with van der Waals surface area (Å²) >= 11 is 0. The molecule has 0 radical (unpaired) electrons. The molecule has 0 saturated carbocycles. The molecule has 0 atom stereocenters. The molecule has 0 aliphatic carbocycles. The third-order valence-corrected chi connectivity index (χ3v) is 4.29. The van der Waals surface area contributed by atoms with Gasteiger partial charge in [-0.2, -0.15) is 0 Å². The average molecular weight is 261 g/mol. The highest BCUT2D eigenvalue weighted by Gasteiger charge is 2.05. The second kappa shape index (κ2) is 12.8. The molecule has 1 nitrogen and oxygen atoms in total. The molecule has 0 heterocycles. The summed E-state index contributed by atoms with van der Waals surface area (Å²) in [4.78, 5) is 2.69. The predicted molar refractivity (Wildman–Crippen MR) is 84.2 cm³/mol. The van der Waals surface area contributed by atoms with E-state index in [0.29, 0.717) is 10.9 Å². The van der Waals surface area contributed by atoms with Gasteiger partial charge in [0, 0.05) is 0 Å². The van der Waals surface area contributed by atoms with Crippen molar-refractivity contribution in [3.8, 4) is 0 Å². The highest BCUT2D eigenvalue weighted by molar-refractivity contribution is 7.95. The van der Waals surface area contributed by atoms with Gasteiger partial charge in [0.25, 0.3) is 0 Å². The molecule has 0 aromatic rings. The van der Waals surface area contributed by atoms with Gasteiger partial charge in [0.1, 0.15) is 5.75 Å². The second-order valence-corrected chi connectivity index (χ2v) is 7.68. The van der Waals surface area contributed by atoms with Crippen molar-refractivity contribution in [2.24, 2.45) is 0 Å². The molecule has 0 fully saturated rings. The highest BCUT2D eigenvalue weighted by atomic mass is 32.2. The molecular weight excluding hydrogens is 226 g/mol. The van der Waals surface area contributed by atoms with Crippen LogP contribution in [-0.2, 0) is 10.9 Å². The third kappa shape index (κ3) is 12.6. The molecule has 0 aliphatic heterocycles. The molecular formula is C15H34NS+. The lowest BCUT2D eigenvalue weighted by Crippen LogP contribution is -2.27. The lowest BCUT2D eigenvalue weighted by atomic mass is 10.2. The first-order valence-corrected chi connectivity index (χ1v) is 9.68. The topological polar surface area (TPSA) is 3.24 Å². The predicted octanol–water partition coefficient (Wildman–Crippen LogP) is 3.94. The van der Waals surface area contributed by atoms with Gasteiger partial charge >= 0.3 is 0 Å². The van der Waals surface area contributed by atoms with Gasteiger partial charge in [-0.1, -0.05) is 26.7 Å².